The van der Waals surface area contributed by atoms with E-state index in [1.165, 1.54) is 23.1 Å². The molecule has 0 radical (unpaired) electrons. The largest absolute Gasteiger partial charge is 0.497 e. The van der Waals surface area contributed by atoms with Gasteiger partial charge in [-0.3, -0.25) is 9.59 Å². The fourth-order valence-corrected chi connectivity index (χ4v) is 4.30. The number of hydrogen-bond donors (Lipinski definition) is 3. The summed E-state index contributed by atoms with van der Waals surface area (Å²) >= 11 is 2.54. The number of rotatable bonds is 11. The number of aryl methyl sites for hydroxylation is 1. The molecule has 12 heteroatoms. The fraction of sp³-hybridized carbons (Fsp3) is 0.286. The number of thiazole rings is 1. The van der Waals surface area contributed by atoms with E-state index in [4.69, 9.17) is 4.74 Å². The normalized spacial score (nSPS) is 11.6. The molecule has 3 rings (SSSR count). The second kappa shape index (κ2) is 11.6. The predicted octanol–water partition coefficient (Wildman–Crippen LogP) is 2.43. The SMILES string of the molecule is C=CCn1c(SCC(=O)Nc2nc(C)cs2)nnc1[C@H](CO)NC(=O)c1ccc(OC)cc1. The lowest BCUT2D eigenvalue weighted by Crippen LogP contribution is -2.33. The van der Waals surface area contributed by atoms with Gasteiger partial charge < -0.3 is 25.0 Å². The maximum Gasteiger partial charge on any atom is 0.251 e. The highest BCUT2D eigenvalue weighted by molar-refractivity contribution is 7.99. The molecule has 0 saturated carbocycles. The number of benzene rings is 1. The summed E-state index contributed by atoms with van der Waals surface area (Å²) in [6.45, 7) is 5.56. The number of aliphatic hydroxyl groups excluding tert-OH is 1. The van der Waals surface area contributed by atoms with E-state index in [0.29, 0.717) is 34.0 Å². The number of anilines is 1. The van der Waals surface area contributed by atoms with Crippen LogP contribution in [0.1, 0.15) is 27.9 Å². The molecule has 0 aliphatic carbocycles. The van der Waals surface area contributed by atoms with Crippen molar-refractivity contribution in [3.05, 3.63) is 59.4 Å². The Hall–Kier alpha value is -3.22. The number of thioether (sulfide) groups is 1. The lowest BCUT2D eigenvalue weighted by atomic mass is 10.2. The monoisotopic (exact) mass is 488 g/mol. The second-order valence-electron chi connectivity index (χ2n) is 6.81. The summed E-state index contributed by atoms with van der Waals surface area (Å²) < 4.78 is 6.81. The van der Waals surface area contributed by atoms with E-state index in [1.807, 2.05) is 12.3 Å². The van der Waals surface area contributed by atoms with Crippen LogP contribution in [-0.4, -0.2) is 56.1 Å². The molecule has 1 aromatic carbocycles. The van der Waals surface area contributed by atoms with Gasteiger partial charge in [0.2, 0.25) is 5.91 Å². The molecule has 33 heavy (non-hydrogen) atoms. The summed E-state index contributed by atoms with van der Waals surface area (Å²) in [5.41, 5.74) is 1.25. The number of amides is 2. The minimum Gasteiger partial charge on any atom is -0.497 e. The van der Waals surface area contributed by atoms with Crippen molar-refractivity contribution in [2.75, 3.05) is 24.8 Å². The first-order valence-corrected chi connectivity index (χ1v) is 11.8. The highest BCUT2D eigenvalue weighted by atomic mass is 32.2. The van der Waals surface area contributed by atoms with Gasteiger partial charge in [0.25, 0.3) is 5.91 Å². The third-order valence-corrected chi connectivity index (χ3v) is 6.25. The van der Waals surface area contributed by atoms with Crippen molar-refractivity contribution in [1.82, 2.24) is 25.1 Å². The average molecular weight is 489 g/mol. The standard InChI is InChI=1S/C21H24N6O4S2/c1-4-9-27-18(16(10-28)23-19(30)14-5-7-15(31-3)8-6-14)25-26-21(27)33-12-17(29)24-20-22-13(2)11-32-20/h4-8,11,16,28H,1,9-10,12H2,2-3H3,(H,23,30)(H,22,24,29)/t16-/m0/s1. The van der Waals surface area contributed by atoms with E-state index < -0.39 is 6.04 Å². The Bertz CT molecular complexity index is 1110. The zero-order valence-electron chi connectivity index (χ0n) is 18.1. The van der Waals surface area contributed by atoms with Crippen molar-refractivity contribution >= 4 is 40.0 Å². The van der Waals surface area contributed by atoms with Crippen molar-refractivity contribution in [3.63, 3.8) is 0 Å². The van der Waals surface area contributed by atoms with Crippen LogP contribution in [0.5, 0.6) is 5.75 Å². The Labute approximate surface area is 199 Å². The van der Waals surface area contributed by atoms with Crippen LogP contribution in [0, 0.1) is 6.92 Å². The molecular formula is C21H24N6O4S2. The molecule has 174 valence electrons. The van der Waals surface area contributed by atoms with Crippen LogP contribution < -0.4 is 15.4 Å². The summed E-state index contributed by atoms with van der Waals surface area (Å²) in [7, 11) is 1.54. The molecule has 0 aliphatic rings. The summed E-state index contributed by atoms with van der Waals surface area (Å²) in [6.07, 6.45) is 1.65. The molecule has 10 nitrogen and oxygen atoms in total. The molecule has 3 N–H and O–H groups in total. The molecule has 2 aromatic heterocycles. The third-order valence-electron chi connectivity index (χ3n) is 4.41. The number of aromatic nitrogens is 4. The zero-order valence-corrected chi connectivity index (χ0v) is 19.8. The van der Waals surface area contributed by atoms with Crippen LogP contribution in [0.25, 0.3) is 0 Å². The van der Waals surface area contributed by atoms with Crippen LogP contribution in [0.3, 0.4) is 0 Å². The van der Waals surface area contributed by atoms with Crippen molar-refractivity contribution in [1.29, 1.82) is 0 Å². The molecule has 3 aromatic rings. The number of ether oxygens (including phenoxy) is 1. The Morgan fingerprint density at radius 1 is 1.33 bits per heavy atom. The Balaban J connectivity index is 1.69. The average Bonchev–Trinajstić information content (AvgIpc) is 3.41. The van der Waals surface area contributed by atoms with Crippen molar-refractivity contribution in [2.24, 2.45) is 0 Å². The van der Waals surface area contributed by atoms with E-state index in [-0.39, 0.29) is 24.2 Å². The number of carbonyl (C=O) groups is 2. The molecule has 0 unspecified atom stereocenters. The second-order valence-corrected chi connectivity index (χ2v) is 8.61. The van der Waals surface area contributed by atoms with E-state index in [1.54, 1.807) is 42.0 Å². The maximum atomic E-state index is 12.6. The smallest absolute Gasteiger partial charge is 0.251 e. The molecular weight excluding hydrogens is 464 g/mol. The fourth-order valence-electron chi connectivity index (χ4n) is 2.84. The van der Waals surface area contributed by atoms with E-state index in [0.717, 1.165) is 5.69 Å². The first-order chi connectivity index (χ1) is 15.9. The number of carbonyl (C=O) groups excluding carboxylic acids is 2. The molecule has 1 atom stereocenters. The minimum absolute atomic E-state index is 0.0932. The van der Waals surface area contributed by atoms with Crippen LogP contribution in [-0.2, 0) is 11.3 Å². The Kier molecular flexibility index (Phi) is 8.58. The summed E-state index contributed by atoms with van der Waals surface area (Å²) in [4.78, 5) is 29.1. The van der Waals surface area contributed by atoms with Gasteiger partial charge in [-0.05, 0) is 31.2 Å². The van der Waals surface area contributed by atoms with E-state index in [9.17, 15) is 14.7 Å². The van der Waals surface area contributed by atoms with Crippen molar-refractivity contribution in [2.45, 2.75) is 24.7 Å². The highest BCUT2D eigenvalue weighted by Gasteiger charge is 2.23. The molecule has 2 heterocycles. The van der Waals surface area contributed by atoms with Crippen LogP contribution >= 0.6 is 23.1 Å². The Morgan fingerprint density at radius 2 is 2.09 bits per heavy atom. The van der Waals surface area contributed by atoms with Gasteiger partial charge in [0.15, 0.2) is 16.1 Å². The van der Waals surface area contributed by atoms with Crippen molar-refractivity contribution < 1.29 is 19.4 Å². The van der Waals surface area contributed by atoms with Gasteiger partial charge in [0.05, 0.1) is 25.2 Å². The van der Waals surface area contributed by atoms with Gasteiger partial charge in [-0.2, -0.15) is 0 Å². The van der Waals surface area contributed by atoms with Gasteiger partial charge in [-0.25, -0.2) is 4.98 Å². The zero-order chi connectivity index (χ0) is 23.8. The Morgan fingerprint density at radius 3 is 2.70 bits per heavy atom. The minimum atomic E-state index is -0.798. The number of allylic oxidation sites excluding steroid dienone is 1. The third kappa shape index (κ3) is 6.40. The topological polar surface area (TPSA) is 131 Å². The highest BCUT2D eigenvalue weighted by Crippen LogP contribution is 2.22. The van der Waals surface area contributed by atoms with Gasteiger partial charge >= 0.3 is 0 Å². The molecule has 2 amide bonds. The van der Waals surface area contributed by atoms with Gasteiger partial charge in [0.1, 0.15) is 11.8 Å². The van der Waals surface area contributed by atoms with Gasteiger partial charge in [-0.1, -0.05) is 17.8 Å². The van der Waals surface area contributed by atoms with Gasteiger partial charge in [-0.15, -0.1) is 28.1 Å². The lowest BCUT2D eigenvalue weighted by Gasteiger charge is -2.17. The van der Waals surface area contributed by atoms with Crippen LogP contribution in [0.15, 0.2) is 47.5 Å². The number of methoxy groups -OCH3 is 1. The summed E-state index contributed by atoms with van der Waals surface area (Å²) in [5.74, 6) is 0.479. The number of aliphatic hydroxyl groups is 1. The van der Waals surface area contributed by atoms with E-state index in [2.05, 4.69) is 32.4 Å². The molecule has 0 bridgehead atoms. The summed E-state index contributed by atoms with van der Waals surface area (Å²) in [6, 6.07) is 5.81. The molecule has 0 spiro atoms. The van der Waals surface area contributed by atoms with Gasteiger partial charge in [0, 0.05) is 17.5 Å². The van der Waals surface area contributed by atoms with Crippen molar-refractivity contribution in [3.8, 4) is 5.75 Å². The first kappa shape index (κ1) is 24.4. The van der Waals surface area contributed by atoms with E-state index >= 15 is 0 Å². The molecule has 0 aliphatic heterocycles. The number of nitrogens with one attached hydrogen (secondary N) is 2. The van der Waals surface area contributed by atoms with Crippen LogP contribution in [0.2, 0.25) is 0 Å². The molecule has 0 fully saturated rings. The molecule has 0 saturated heterocycles. The summed E-state index contributed by atoms with van der Waals surface area (Å²) in [5, 5.41) is 26.6. The predicted molar refractivity (Wildman–Crippen MR) is 127 cm³/mol. The number of nitrogens with zero attached hydrogens (tertiary/aromatic N) is 4. The lowest BCUT2D eigenvalue weighted by molar-refractivity contribution is -0.113. The quantitative estimate of drug-likeness (QED) is 0.277. The first-order valence-electron chi connectivity index (χ1n) is 9.89. The number of hydrogen-bond acceptors (Lipinski definition) is 9. The van der Waals surface area contributed by atoms with Crippen LogP contribution in [0.4, 0.5) is 5.13 Å². The maximum absolute atomic E-state index is 12.6.